The Hall–Kier alpha value is -0.990. The van der Waals surface area contributed by atoms with Crippen LogP contribution in [0.1, 0.15) is 42.7 Å². The van der Waals surface area contributed by atoms with Crippen molar-refractivity contribution < 1.29 is 13.2 Å². The van der Waals surface area contributed by atoms with Gasteiger partial charge in [0.2, 0.25) is 15.9 Å². The Balaban J connectivity index is 1.74. The van der Waals surface area contributed by atoms with Gasteiger partial charge in [-0.2, -0.15) is 4.31 Å². The van der Waals surface area contributed by atoms with Crippen LogP contribution in [-0.2, 0) is 27.7 Å². The monoisotopic (exact) mass is 343 g/mol. The van der Waals surface area contributed by atoms with Gasteiger partial charge in [-0.25, -0.2) is 13.4 Å². The van der Waals surface area contributed by atoms with Gasteiger partial charge in [-0.15, -0.1) is 11.3 Å². The first kappa shape index (κ1) is 15.9. The molecular formula is C14H21N3O3S2. The molecule has 1 fully saturated rings. The van der Waals surface area contributed by atoms with Crippen LogP contribution >= 0.6 is 11.3 Å². The van der Waals surface area contributed by atoms with Gasteiger partial charge in [0, 0.05) is 11.4 Å². The molecule has 1 amide bonds. The molecule has 0 aromatic carbocycles. The molecule has 1 unspecified atom stereocenters. The van der Waals surface area contributed by atoms with Gasteiger partial charge in [0.15, 0.2) is 5.13 Å². The molecule has 0 radical (unpaired) electrons. The predicted octanol–water partition coefficient (Wildman–Crippen LogP) is 1.77. The molecule has 1 aromatic rings. The first-order chi connectivity index (χ1) is 10.4. The summed E-state index contributed by atoms with van der Waals surface area (Å²) in [5.74, 6) is -0.253. The summed E-state index contributed by atoms with van der Waals surface area (Å²) < 4.78 is 25.0. The second-order valence-corrected chi connectivity index (χ2v) is 8.99. The molecule has 1 saturated heterocycles. The minimum absolute atomic E-state index is 0.253. The number of anilines is 1. The Kier molecular flexibility index (Phi) is 4.52. The van der Waals surface area contributed by atoms with E-state index in [2.05, 4.69) is 10.3 Å². The quantitative estimate of drug-likeness (QED) is 0.907. The zero-order valence-electron chi connectivity index (χ0n) is 12.7. The lowest BCUT2D eigenvalue weighted by molar-refractivity contribution is -0.120. The van der Waals surface area contributed by atoms with Crippen LogP contribution in [0.15, 0.2) is 0 Å². The minimum atomic E-state index is -3.36. The van der Waals surface area contributed by atoms with Crippen LogP contribution in [0.25, 0.3) is 0 Å². The van der Waals surface area contributed by atoms with E-state index >= 15 is 0 Å². The molecule has 3 rings (SSSR count). The molecule has 22 heavy (non-hydrogen) atoms. The molecule has 1 aliphatic heterocycles. The van der Waals surface area contributed by atoms with Crippen LogP contribution in [0.4, 0.5) is 5.13 Å². The number of hydrogen-bond donors (Lipinski definition) is 1. The minimum Gasteiger partial charge on any atom is -0.301 e. The summed E-state index contributed by atoms with van der Waals surface area (Å²) >= 11 is 1.53. The fourth-order valence-corrected chi connectivity index (χ4v) is 5.34. The zero-order valence-corrected chi connectivity index (χ0v) is 14.3. The van der Waals surface area contributed by atoms with Crippen molar-refractivity contribution >= 4 is 32.4 Å². The van der Waals surface area contributed by atoms with Crippen LogP contribution in [0, 0.1) is 0 Å². The molecule has 1 aliphatic carbocycles. The van der Waals surface area contributed by atoms with Crippen LogP contribution < -0.4 is 5.32 Å². The SMILES string of the molecule is CS(=O)(=O)N1CCCCC1C(=O)Nc1nc2c(s1)CCCC2. The number of hydrogen-bond acceptors (Lipinski definition) is 5. The lowest BCUT2D eigenvalue weighted by Gasteiger charge is -2.32. The summed E-state index contributed by atoms with van der Waals surface area (Å²) in [5, 5.41) is 3.44. The maximum Gasteiger partial charge on any atom is 0.244 e. The second kappa shape index (κ2) is 6.25. The molecule has 0 spiro atoms. The highest BCUT2D eigenvalue weighted by atomic mass is 32.2. The highest BCUT2D eigenvalue weighted by Gasteiger charge is 2.34. The third-order valence-corrected chi connectivity index (χ3v) is 6.62. The number of aryl methyl sites for hydroxylation is 2. The average Bonchev–Trinajstić information content (AvgIpc) is 2.88. The molecule has 122 valence electrons. The van der Waals surface area contributed by atoms with Crippen LogP contribution in [0.5, 0.6) is 0 Å². The van der Waals surface area contributed by atoms with E-state index in [-0.39, 0.29) is 5.91 Å². The molecule has 8 heteroatoms. The molecule has 1 N–H and O–H groups in total. The van der Waals surface area contributed by atoms with Crippen LogP contribution in [0.3, 0.4) is 0 Å². The van der Waals surface area contributed by atoms with E-state index in [1.54, 1.807) is 0 Å². The summed E-state index contributed by atoms with van der Waals surface area (Å²) in [7, 11) is -3.36. The van der Waals surface area contributed by atoms with E-state index in [1.807, 2.05) is 0 Å². The Labute approximate surface area is 135 Å². The van der Waals surface area contributed by atoms with Crippen molar-refractivity contribution in [3.05, 3.63) is 10.6 Å². The standard InChI is InChI=1S/C14H21N3O3S2/c1-22(19,20)17-9-5-4-7-11(17)13(18)16-14-15-10-6-2-3-8-12(10)21-14/h11H,2-9H2,1H3,(H,15,16,18). The average molecular weight is 343 g/mol. The summed E-state index contributed by atoms with van der Waals surface area (Å²) in [6.45, 7) is 0.422. The predicted molar refractivity (Wildman–Crippen MR) is 86.6 cm³/mol. The molecule has 0 bridgehead atoms. The lowest BCUT2D eigenvalue weighted by atomic mass is 10.0. The molecule has 0 saturated carbocycles. The van der Waals surface area contributed by atoms with Crippen molar-refractivity contribution in [1.29, 1.82) is 0 Å². The maximum absolute atomic E-state index is 12.5. The van der Waals surface area contributed by atoms with Gasteiger partial charge in [-0.05, 0) is 38.5 Å². The van der Waals surface area contributed by atoms with E-state index in [4.69, 9.17) is 0 Å². The summed E-state index contributed by atoms with van der Waals surface area (Å²) in [6.07, 6.45) is 7.75. The number of carbonyl (C=O) groups is 1. The number of fused-ring (bicyclic) bond motifs is 1. The number of carbonyl (C=O) groups excluding carboxylic acids is 1. The van der Waals surface area contributed by atoms with E-state index in [9.17, 15) is 13.2 Å². The van der Waals surface area contributed by atoms with Crippen molar-refractivity contribution in [3.8, 4) is 0 Å². The second-order valence-electron chi connectivity index (χ2n) is 5.97. The van der Waals surface area contributed by atoms with Gasteiger partial charge in [-0.1, -0.05) is 6.42 Å². The van der Waals surface area contributed by atoms with Gasteiger partial charge in [0.25, 0.3) is 0 Å². The number of nitrogens with one attached hydrogen (secondary N) is 1. The summed E-state index contributed by atoms with van der Waals surface area (Å²) in [4.78, 5) is 18.2. The number of aromatic nitrogens is 1. The highest BCUT2D eigenvalue weighted by molar-refractivity contribution is 7.88. The molecule has 1 aromatic heterocycles. The first-order valence-electron chi connectivity index (χ1n) is 7.71. The first-order valence-corrected chi connectivity index (χ1v) is 10.4. The van der Waals surface area contributed by atoms with Gasteiger partial charge in [0.05, 0.1) is 11.9 Å². The molecule has 1 atom stereocenters. The van der Waals surface area contributed by atoms with E-state index in [0.29, 0.717) is 18.1 Å². The fraction of sp³-hybridized carbons (Fsp3) is 0.714. The van der Waals surface area contributed by atoms with Crippen molar-refractivity contribution in [2.75, 3.05) is 18.1 Å². The molecule has 6 nitrogen and oxygen atoms in total. The maximum atomic E-state index is 12.5. The van der Waals surface area contributed by atoms with Gasteiger partial charge in [-0.3, -0.25) is 4.79 Å². The normalized spacial score (nSPS) is 23.0. The third kappa shape index (κ3) is 3.33. The van der Waals surface area contributed by atoms with Crippen molar-refractivity contribution in [1.82, 2.24) is 9.29 Å². The molecule has 2 aliphatic rings. The Morgan fingerprint density at radius 1 is 1.27 bits per heavy atom. The molecular weight excluding hydrogens is 322 g/mol. The Bertz CT molecular complexity index is 645. The smallest absolute Gasteiger partial charge is 0.244 e. The number of rotatable bonds is 3. The number of thiazole rings is 1. The largest absolute Gasteiger partial charge is 0.301 e. The topological polar surface area (TPSA) is 79.4 Å². The van der Waals surface area contributed by atoms with Crippen molar-refractivity contribution in [2.45, 2.75) is 51.0 Å². The number of amides is 1. The Morgan fingerprint density at radius 3 is 2.77 bits per heavy atom. The zero-order chi connectivity index (χ0) is 15.7. The van der Waals surface area contributed by atoms with E-state index in [0.717, 1.165) is 37.8 Å². The fourth-order valence-electron chi connectivity index (χ4n) is 3.16. The van der Waals surface area contributed by atoms with Gasteiger partial charge >= 0.3 is 0 Å². The number of nitrogens with zero attached hydrogens (tertiary/aromatic N) is 2. The van der Waals surface area contributed by atoms with E-state index < -0.39 is 16.1 Å². The van der Waals surface area contributed by atoms with Crippen LogP contribution in [-0.4, -0.2) is 42.5 Å². The summed E-state index contributed by atoms with van der Waals surface area (Å²) in [6, 6.07) is -0.607. The molecule has 2 heterocycles. The third-order valence-electron chi connectivity index (χ3n) is 4.26. The van der Waals surface area contributed by atoms with Crippen LogP contribution in [0.2, 0.25) is 0 Å². The number of sulfonamides is 1. The van der Waals surface area contributed by atoms with Crippen molar-refractivity contribution in [2.24, 2.45) is 0 Å². The van der Waals surface area contributed by atoms with Crippen molar-refractivity contribution in [3.63, 3.8) is 0 Å². The van der Waals surface area contributed by atoms with E-state index in [1.165, 1.54) is 33.2 Å². The van der Waals surface area contributed by atoms with Gasteiger partial charge in [0.1, 0.15) is 6.04 Å². The highest BCUT2D eigenvalue weighted by Crippen LogP contribution is 2.30. The number of piperidine rings is 1. The Morgan fingerprint density at radius 2 is 2.05 bits per heavy atom. The van der Waals surface area contributed by atoms with Gasteiger partial charge < -0.3 is 5.32 Å². The lowest BCUT2D eigenvalue weighted by Crippen LogP contribution is -2.49. The summed E-state index contributed by atoms with van der Waals surface area (Å²) in [5.41, 5.74) is 1.09.